The summed E-state index contributed by atoms with van der Waals surface area (Å²) >= 11 is 1.50. The van der Waals surface area contributed by atoms with E-state index in [1.165, 1.54) is 41.2 Å². The van der Waals surface area contributed by atoms with Gasteiger partial charge in [0.25, 0.3) is 0 Å². The minimum atomic E-state index is -3.95. The molecule has 0 fully saturated rings. The van der Waals surface area contributed by atoms with Crippen LogP contribution in [0.1, 0.15) is 11.3 Å². The Balaban J connectivity index is 1.69. The van der Waals surface area contributed by atoms with Crippen LogP contribution in [0.5, 0.6) is 0 Å². The largest absolute Gasteiger partial charge is 0.241 e. The molecule has 3 rings (SSSR count). The van der Waals surface area contributed by atoms with Crippen molar-refractivity contribution in [2.24, 2.45) is 0 Å². The summed E-state index contributed by atoms with van der Waals surface area (Å²) < 4.78 is 51.3. The zero-order valence-electron chi connectivity index (χ0n) is 15.4. The Morgan fingerprint density at radius 2 is 1.61 bits per heavy atom. The smallest absolute Gasteiger partial charge is 0.241 e. The lowest BCUT2D eigenvalue weighted by atomic mass is 10.2. The lowest BCUT2D eigenvalue weighted by molar-refractivity contribution is 0.574. The fraction of sp³-hybridized carbons (Fsp3) is 0.211. The molecule has 6 nitrogen and oxygen atoms in total. The second-order valence-corrected chi connectivity index (χ2v) is 11.0. The van der Waals surface area contributed by atoms with E-state index in [1.54, 1.807) is 0 Å². The zero-order valence-corrected chi connectivity index (χ0v) is 17.9. The van der Waals surface area contributed by atoms with Crippen molar-refractivity contribution in [3.63, 3.8) is 0 Å². The second kappa shape index (κ2) is 8.12. The molecule has 2 aromatic carbocycles. The van der Waals surface area contributed by atoms with Gasteiger partial charge in [0.05, 0.1) is 10.6 Å². The third-order valence-electron chi connectivity index (χ3n) is 4.06. The molecule has 0 aliphatic carbocycles. The topological polar surface area (TPSA) is 93.2 Å². The van der Waals surface area contributed by atoms with Crippen LogP contribution in [0.4, 0.5) is 0 Å². The Kier molecular flexibility index (Phi) is 5.99. The summed E-state index contributed by atoms with van der Waals surface area (Å²) in [4.78, 5) is 4.10. The summed E-state index contributed by atoms with van der Waals surface area (Å²) in [5.41, 5.74) is 2.97. The molecule has 1 heterocycles. The van der Waals surface area contributed by atoms with E-state index in [9.17, 15) is 16.8 Å². The third kappa shape index (κ3) is 4.85. The Morgan fingerprint density at radius 3 is 2.25 bits per heavy atom. The molecule has 28 heavy (non-hydrogen) atoms. The van der Waals surface area contributed by atoms with Crippen LogP contribution < -0.4 is 4.72 Å². The van der Waals surface area contributed by atoms with E-state index >= 15 is 0 Å². The fourth-order valence-corrected chi connectivity index (χ4v) is 6.14. The monoisotopic (exact) mass is 436 g/mol. The molecular weight excluding hydrogens is 416 g/mol. The molecule has 1 aromatic heterocycles. The number of benzene rings is 2. The maximum absolute atomic E-state index is 12.6. The van der Waals surface area contributed by atoms with Crippen molar-refractivity contribution in [3.05, 3.63) is 65.2 Å². The van der Waals surface area contributed by atoms with Crippen LogP contribution in [0, 0.1) is 6.92 Å². The number of hydrogen-bond acceptors (Lipinski definition) is 6. The molecule has 0 bridgehead atoms. The molecule has 0 radical (unpaired) electrons. The van der Waals surface area contributed by atoms with Crippen LogP contribution in [0.25, 0.3) is 10.6 Å². The van der Waals surface area contributed by atoms with Gasteiger partial charge in [-0.3, -0.25) is 0 Å². The predicted octanol–water partition coefficient (Wildman–Crippen LogP) is 3.04. The van der Waals surface area contributed by atoms with Crippen LogP contribution >= 0.6 is 11.3 Å². The highest BCUT2D eigenvalue weighted by molar-refractivity contribution is 7.93. The molecule has 0 aliphatic heterocycles. The molecule has 0 amide bonds. The van der Waals surface area contributed by atoms with Crippen LogP contribution in [-0.4, -0.2) is 34.6 Å². The van der Waals surface area contributed by atoms with Crippen LogP contribution in [-0.2, 0) is 26.3 Å². The van der Waals surface area contributed by atoms with E-state index in [4.69, 9.17) is 0 Å². The van der Waals surface area contributed by atoms with Crippen molar-refractivity contribution in [2.45, 2.75) is 23.1 Å². The average Bonchev–Trinajstić information content (AvgIpc) is 3.10. The van der Waals surface area contributed by atoms with Crippen molar-refractivity contribution in [1.82, 2.24) is 9.71 Å². The second-order valence-electron chi connectivity index (χ2n) is 6.38. The van der Waals surface area contributed by atoms with E-state index in [-0.39, 0.29) is 16.3 Å². The SMILES string of the molecule is Cc1ccc(-c2nc(CCNS(=O)(=O)c3ccccc3S(C)(=O)=O)cs2)cc1. The number of nitrogens with zero attached hydrogens (tertiary/aromatic N) is 1. The summed E-state index contributed by atoms with van der Waals surface area (Å²) in [5, 5.41) is 2.77. The number of hydrogen-bond donors (Lipinski definition) is 1. The Labute approximate surface area is 169 Å². The molecule has 0 atom stereocenters. The lowest BCUT2D eigenvalue weighted by Gasteiger charge is -2.09. The first-order valence-electron chi connectivity index (χ1n) is 8.47. The molecule has 0 spiro atoms. The first kappa shape index (κ1) is 20.7. The van der Waals surface area contributed by atoms with Gasteiger partial charge in [-0.25, -0.2) is 26.5 Å². The van der Waals surface area contributed by atoms with Crippen molar-refractivity contribution in [2.75, 3.05) is 12.8 Å². The number of sulfonamides is 1. The van der Waals surface area contributed by atoms with Gasteiger partial charge < -0.3 is 0 Å². The minimum absolute atomic E-state index is 0.123. The van der Waals surface area contributed by atoms with Gasteiger partial charge in [0.2, 0.25) is 10.0 Å². The average molecular weight is 437 g/mol. The van der Waals surface area contributed by atoms with Gasteiger partial charge in [-0.1, -0.05) is 42.0 Å². The number of rotatable bonds is 7. The summed E-state index contributed by atoms with van der Waals surface area (Å²) in [6.07, 6.45) is 1.39. The maximum atomic E-state index is 12.6. The number of thiazole rings is 1. The van der Waals surface area contributed by atoms with Crippen molar-refractivity contribution in [1.29, 1.82) is 0 Å². The Bertz CT molecular complexity index is 1180. The number of aromatic nitrogens is 1. The van der Waals surface area contributed by atoms with E-state index in [0.717, 1.165) is 22.5 Å². The number of aryl methyl sites for hydroxylation is 1. The van der Waals surface area contributed by atoms with Crippen molar-refractivity contribution in [3.8, 4) is 10.6 Å². The number of nitrogens with one attached hydrogen (secondary N) is 1. The normalized spacial score (nSPS) is 12.2. The highest BCUT2D eigenvalue weighted by Crippen LogP contribution is 2.24. The van der Waals surface area contributed by atoms with Gasteiger partial charge in [-0.05, 0) is 19.1 Å². The van der Waals surface area contributed by atoms with Gasteiger partial charge in [0.15, 0.2) is 9.84 Å². The number of sulfone groups is 1. The Morgan fingerprint density at radius 1 is 0.964 bits per heavy atom. The van der Waals surface area contributed by atoms with E-state index in [1.807, 2.05) is 36.6 Å². The van der Waals surface area contributed by atoms with Gasteiger partial charge in [0, 0.05) is 30.2 Å². The van der Waals surface area contributed by atoms with Gasteiger partial charge in [0.1, 0.15) is 9.90 Å². The minimum Gasteiger partial charge on any atom is -0.241 e. The summed E-state index contributed by atoms with van der Waals surface area (Å²) in [6.45, 7) is 2.14. The van der Waals surface area contributed by atoms with Gasteiger partial charge >= 0.3 is 0 Å². The fourth-order valence-electron chi connectivity index (χ4n) is 2.62. The molecular formula is C19H20N2O4S3. The molecule has 9 heteroatoms. The van der Waals surface area contributed by atoms with Crippen LogP contribution in [0.2, 0.25) is 0 Å². The van der Waals surface area contributed by atoms with Gasteiger partial charge in [-0.2, -0.15) is 0 Å². The maximum Gasteiger partial charge on any atom is 0.241 e. The molecule has 148 valence electrons. The van der Waals surface area contributed by atoms with E-state index in [0.29, 0.717) is 6.42 Å². The first-order valence-corrected chi connectivity index (χ1v) is 12.7. The van der Waals surface area contributed by atoms with E-state index in [2.05, 4.69) is 9.71 Å². The van der Waals surface area contributed by atoms with Gasteiger partial charge in [-0.15, -0.1) is 11.3 Å². The third-order valence-corrected chi connectivity index (χ3v) is 7.81. The highest BCUT2D eigenvalue weighted by atomic mass is 32.2. The lowest BCUT2D eigenvalue weighted by Crippen LogP contribution is -2.27. The molecule has 0 saturated heterocycles. The van der Waals surface area contributed by atoms with E-state index < -0.39 is 19.9 Å². The quantitative estimate of drug-likeness (QED) is 0.614. The molecule has 0 unspecified atom stereocenters. The van der Waals surface area contributed by atoms with Crippen LogP contribution in [0.15, 0.2) is 63.7 Å². The summed E-state index contributed by atoms with van der Waals surface area (Å²) in [7, 11) is -7.60. The first-order chi connectivity index (χ1) is 13.2. The standard InChI is InChI=1S/C19H20N2O4S3/c1-14-7-9-15(10-8-14)19-21-16(13-26-19)11-12-20-28(24,25)18-6-4-3-5-17(18)27(2,22)23/h3-10,13,20H,11-12H2,1-2H3. The predicted molar refractivity (Wildman–Crippen MR) is 111 cm³/mol. The molecule has 0 aliphatic rings. The van der Waals surface area contributed by atoms with Crippen molar-refractivity contribution < 1.29 is 16.8 Å². The zero-order chi connectivity index (χ0) is 20.4. The summed E-state index contributed by atoms with van der Waals surface area (Å²) in [6, 6.07) is 13.6. The molecule has 3 aromatic rings. The summed E-state index contributed by atoms with van der Waals surface area (Å²) in [5.74, 6) is 0. The molecule has 1 N–H and O–H groups in total. The highest BCUT2D eigenvalue weighted by Gasteiger charge is 2.23. The Hall–Kier alpha value is -2.07. The van der Waals surface area contributed by atoms with Crippen LogP contribution in [0.3, 0.4) is 0 Å². The van der Waals surface area contributed by atoms with Crippen molar-refractivity contribution >= 4 is 31.2 Å². The molecule has 0 saturated carbocycles.